The molecule has 2 N–H and O–H groups in total. The minimum absolute atomic E-state index is 0.0675. The molecule has 25 heavy (non-hydrogen) atoms. The number of hydrogen-bond acceptors (Lipinski definition) is 6. The third-order valence-corrected chi connectivity index (χ3v) is 3.85. The molecule has 0 aromatic heterocycles. The van der Waals surface area contributed by atoms with Crippen LogP contribution in [0.3, 0.4) is 0 Å². The van der Waals surface area contributed by atoms with Gasteiger partial charge in [0.05, 0.1) is 13.2 Å². The summed E-state index contributed by atoms with van der Waals surface area (Å²) >= 11 is 2.03. The molecule has 8 nitrogen and oxygen atoms in total. The molecule has 0 aromatic rings. The summed E-state index contributed by atoms with van der Waals surface area (Å²) in [5, 5.41) is 5.08. The second kappa shape index (κ2) is 12.0. The van der Waals surface area contributed by atoms with E-state index < -0.39 is 24.0 Å². The summed E-state index contributed by atoms with van der Waals surface area (Å²) < 4.78 is 10.1. The fraction of sp³-hybridized carbons (Fsp3) is 0.750. The van der Waals surface area contributed by atoms with Crippen molar-refractivity contribution in [2.75, 3.05) is 13.2 Å². The van der Waals surface area contributed by atoms with Gasteiger partial charge < -0.3 is 20.1 Å². The maximum absolute atomic E-state index is 11.9. The lowest BCUT2D eigenvalue weighted by Crippen LogP contribution is -2.46. The Hall–Kier alpha value is -1.39. The number of carbonyl (C=O) groups is 4. The smallest absolute Gasteiger partial charge is 0.329 e. The molecule has 0 rings (SSSR count). The first-order chi connectivity index (χ1) is 11.6. The number of alkyl halides is 1. The number of hydrogen-bond donors (Lipinski definition) is 2. The first-order valence-electron chi connectivity index (χ1n) is 8.07. The number of halogens is 1. The van der Waals surface area contributed by atoms with E-state index in [2.05, 4.69) is 10.6 Å². The van der Waals surface area contributed by atoms with Gasteiger partial charge >= 0.3 is 11.9 Å². The summed E-state index contributed by atoms with van der Waals surface area (Å²) in [6, 6.07) is -1.42. The van der Waals surface area contributed by atoms with Crippen molar-refractivity contribution in [3.63, 3.8) is 0 Å². The maximum Gasteiger partial charge on any atom is 0.329 e. The zero-order valence-corrected chi connectivity index (χ0v) is 17.4. The molecule has 0 aromatic carbocycles. The predicted octanol–water partition coefficient (Wildman–Crippen LogP) is 0.952. The van der Waals surface area contributed by atoms with Crippen molar-refractivity contribution in [1.82, 2.24) is 10.6 Å². The van der Waals surface area contributed by atoms with E-state index in [-0.39, 0.29) is 34.9 Å². The van der Waals surface area contributed by atoms with E-state index in [1.54, 1.807) is 20.8 Å². The van der Waals surface area contributed by atoms with Crippen LogP contribution in [0.1, 0.15) is 41.0 Å². The average Bonchev–Trinajstić information content (AvgIpc) is 2.48. The van der Waals surface area contributed by atoms with E-state index in [9.17, 15) is 19.2 Å². The third-order valence-electron chi connectivity index (χ3n) is 3.13. The van der Waals surface area contributed by atoms with Crippen LogP contribution in [0.4, 0.5) is 0 Å². The molecule has 9 heteroatoms. The van der Waals surface area contributed by atoms with Crippen molar-refractivity contribution in [2.45, 2.75) is 57.0 Å². The number of nitrogens with one attached hydrogen (secondary N) is 2. The summed E-state index contributed by atoms with van der Waals surface area (Å²) in [5.74, 6) is -1.76. The number of carbonyl (C=O) groups excluding carboxylic acids is 4. The SMILES string of the molecule is CC(=O)NC(C(=O)OCCCOC(=O)C(NC(C)=O)C(C)I)C(C)C. The molecule has 0 bridgehead atoms. The molecule has 0 aliphatic rings. The van der Waals surface area contributed by atoms with Crippen LogP contribution in [0.5, 0.6) is 0 Å². The Bertz CT molecular complexity index is 439. The number of rotatable bonds is 10. The second-order valence-electron chi connectivity index (χ2n) is 5.97. The predicted molar refractivity (Wildman–Crippen MR) is 100 cm³/mol. The van der Waals surface area contributed by atoms with Gasteiger partial charge in [0.25, 0.3) is 0 Å². The van der Waals surface area contributed by atoms with E-state index in [0.29, 0.717) is 6.42 Å². The monoisotopic (exact) mass is 470 g/mol. The van der Waals surface area contributed by atoms with Crippen molar-refractivity contribution in [2.24, 2.45) is 5.92 Å². The van der Waals surface area contributed by atoms with Gasteiger partial charge in [-0.3, -0.25) is 9.59 Å². The molecule has 0 saturated carbocycles. The first kappa shape index (κ1) is 23.6. The molecule has 2 amide bonds. The maximum atomic E-state index is 11.9. The molecule has 0 radical (unpaired) electrons. The normalized spacial score (nSPS) is 14.2. The van der Waals surface area contributed by atoms with Crippen molar-refractivity contribution in [3.05, 3.63) is 0 Å². The Morgan fingerprint density at radius 1 is 0.840 bits per heavy atom. The van der Waals surface area contributed by atoms with E-state index >= 15 is 0 Å². The fourth-order valence-electron chi connectivity index (χ4n) is 1.88. The standard InChI is InChI=1S/C16H27IN2O6/c1-9(2)13(18-11(4)20)15(22)24-7-6-8-25-16(23)14(10(3)17)19-12(5)21/h9-10,13-14H,6-8H2,1-5H3,(H,18,20)(H,19,21). The van der Waals surface area contributed by atoms with Crippen molar-refractivity contribution in [3.8, 4) is 0 Å². The Kier molecular flexibility index (Phi) is 11.4. The minimum atomic E-state index is -0.717. The number of amides is 2. The lowest BCUT2D eigenvalue weighted by Gasteiger charge is -2.20. The van der Waals surface area contributed by atoms with Gasteiger partial charge in [0.15, 0.2) is 0 Å². The molecule has 0 heterocycles. The van der Waals surface area contributed by atoms with Gasteiger partial charge in [-0.2, -0.15) is 0 Å². The van der Waals surface area contributed by atoms with E-state index in [1.165, 1.54) is 13.8 Å². The number of ether oxygens (including phenoxy) is 2. The summed E-state index contributed by atoms with van der Waals surface area (Å²) in [5.41, 5.74) is 0. The lowest BCUT2D eigenvalue weighted by atomic mass is 10.0. The Morgan fingerprint density at radius 3 is 1.60 bits per heavy atom. The molecule has 3 atom stereocenters. The highest BCUT2D eigenvalue weighted by Crippen LogP contribution is 2.08. The van der Waals surface area contributed by atoms with Crippen LogP contribution in [-0.4, -0.2) is 53.0 Å². The minimum Gasteiger partial charge on any atom is -0.464 e. The van der Waals surface area contributed by atoms with Crippen molar-refractivity contribution >= 4 is 46.3 Å². The quantitative estimate of drug-likeness (QED) is 0.213. The highest BCUT2D eigenvalue weighted by atomic mass is 127. The molecule has 3 unspecified atom stereocenters. The van der Waals surface area contributed by atoms with Gasteiger partial charge in [0.1, 0.15) is 12.1 Å². The topological polar surface area (TPSA) is 111 Å². The molecule has 0 spiro atoms. The van der Waals surface area contributed by atoms with Crippen LogP contribution >= 0.6 is 22.6 Å². The average molecular weight is 470 g/mol. The van der Waals surface area contributed by atoms with Crippen molar-refractivity contribution in [1.29, 1.82) is 0 Å². The van der Waals surface area contributed by atoms with Crippen LogP contribution < -0.4 is 10.6 Å². The third kappa shape index (κ3) is 10.3. The van der Waals surface area contributed by atoms with Crippen LogP contribution in [0, 0.1) is 5.92 Å². The molecular formula is C16H27IN2O6. The zero-order chi connectivity index (χ0) is 19.6. The summed E-state index contributed by atoms with van der Waals surface area (Å²) in [4.78, 5) is 46.1. The van der Waals surface area contributed by atoms with Gasteiger partial charge in [0, 0.05) is 24.2 Å². The molecule has 0 aliphatic carbocycles. The van der Waals surface area contributed by atoms with Gasteiger partial charge in [0.2, 0.25) is 11.8 Å². The van der Waals surface area contributed by atoms with Gasteiger partial charge in [-0.05, 0) is 5.92 Å². The Balaban J connectivity index is 4.23. The summed E-state index contributed by atoms with van der Waals surface area (Å²) in [6.07, 6.45) is 0.324. The molecule has 0 aliphatic heterocycles. The Morgan fingerprint density at radius 2 is 1.24 bits per heavy atom. The second-order valence-corrected chi connectivity index (χ2v) is 7.93. The van der Waals surface area contributed by atoms with Gasteiger partial charge in [-0.25, -0.2) is 9.59 Å². The largest absolute Gasteiger partial charge is 0.464 e. The van der Waals surface area contributed by atoms with Crippen LogP contribution in [0.15, 0.2) is 0 Å². The summed E-state index contributed by atoms with van der Waals surface area (Å²) in [6.45, 7) is 8.20. The van der Waals surface area contributed by atoms with Gasteiger partial charge in [-0.15, -0.1) is 0 Å². The molecule has 0 saturated heterocycles. The van der Waals surface area contributed by atoms with E-state index in [1.807, 2.05) is 22.6 Å². The molecular weight excluding hydrogens is 443 g/mol. The van der Waals surface area contributed by atoms with Crippen molar-refractivity contribution < 1.29 is 28.7 Å². The molecule has 0 fully saturated rings. The van der Waals surface area contributed by atoms with E-state index in [4.69, 9.17) is 9.47 Å². The lowest BCUT2D eigenvalue weighted by molar-refractivity contribution is -0.151. The molecule has 144 valence electrons. The highest BCUT2D eigenvalue weighted by Gasteiger charge is 2.26. The van der Waals surface area contributed by atoms with Crippen LogP contribution in [0.2, 0.25) is 0 Å². The summed E-state index contributed by atoms with van der Waals surface area (Å²) in [7, 11) is 0. The number of esters is 2. The highest BCUT2D eigenvalue weighted by molar-refractivity contribution is 14.1. The van der Waals surface area contributed by atoms with Gasteiger partial charge in [-0.1, -0.05) is 43.4 Å². The fourth-order valence-corrected chi connectivity index (χ4v) is 2.35. The first-order valence-corrected chi connectivity index (χ1v) is 9.32. The van der Waals surface area contributed by atoms with E-state index in [0.717, 1.165) is 0 Å². The Labute approximate surface area is 161 Å². The zero-order valence-electron chi connectivity index (χ0n) is 15.3. The van der Waals surface area contributed by atoms with Crippen LogP contribution in [-0.2, 0) is 28.7 Å². The van der Waals surface area contributed by atoms with Crippen LogP contribution in [0.25, 0.3) is 0 Å².